The van der Waals surface area contributed by atoms with Crippen LogP contribution in [-0.2, 0) is 0 Å². The molecule has 2 rings (SSSR count). The van der Waals surface area contributed by atoms with E-state index in [-0.39, 0.29) is 0 Å². The molecule has 2 aliphatic heterocycles. The van der Waals surface area contributed by atoms with Gasteiger partial charge < -0.3 is 4.90 Å². The van der Waals surface area contributed by atoms with Crippen molar-refractivity contribution in [3.8, 4) is 0 Å². The lowest BCUT2D eigenvalue weighted by Gasteiger charge is -2.35. The van der Waals surface area contributed by atoms with Gasteiger partial charge in [-0.3, -0.25) is 5.32 Å². The van der Waals surface area contributed by atoms with Crippen molar-refractivity contribution >= 4 is 0 Å². The van der Waals surface area contributed by atoms with E-state index < -0.39 is 0 Å². The van der Waals surface area contributed by atoms with Gasteiger partial charge >= 0.3 is 0 Å². The van der Waals surface area contributed by atoms with E-state index in [0.717, 1.165) is 6.54 Å². The monoisotopic (exact) mass is 136 g/mol. The Hall–Kier alpha value is -0.760. The van der Waals surface area contributed by atoms with Crippen LogP contribution in [0.15, 0.2) is 24.4 Å². The molecule has 0 saturated carbocycles. The van der Waals surface area contributed by atoms with Crippen molar-refractivity contribution < 1.29 is 0 Å². The zero-order chi connectivity index (χ0) is 6.81. The molecule has 1 N–H and O–H groups in total. The van der Waals surface area contributed by atoms with Crippen molar-refractivity contribution in [3.05, 3.63) is 24.4 Å². The van der Waals surface area contributed by atoms with Crippen LogP contribution in [-0.4, -0.2) is 24.2 Å². The van der Waals surface area contributed by atoms with Crippen LogP contribution in [0.5, 0.6) is 0 Å². The summed E-state index contributed by atoms with van der Waals surface area (Å²) < 4.78 is 0. The Balaban J connectivity index is 2.09. The summed E-state index contributed by atoms with van der Waals surface area (Å²) in [5.74, 6) is 0. The average Bonchev–Trinajstić information content (AvgIpc) is 2.05. The third-order valence-corrected chi connectivity index (χ3v) is 1.99. The normalized spacial score (nSPS) is 30.4. The van der Waals surface area contributed by atoms with Crippen molar-refractivity contribution in [2.45, 2.75) is 12.6 Å². The largest absolute Gasteiger partial charge is 0.359 e. The predicted molar refractivity (Wildman–Crippen MR) is 41.4 cm³/mol. The average molecular weight is 136 g/mol. The number of fused-ring (bicyclic) bond motifs is 1. The van der Waals surface area contributed by atoms with Gasteiger partial charge in [0.05, 0.1) is 6.17 Å². The van der Waals surface area contributed by atoms with E-state index in [0.29, 0.717) is 6.17 Å². The van der Waals surface area contributed by atoms with Gasteiger partial charge in [0, 0.05) is 12.7 Å². The molecule has 0 spiro atoms. The van der Waals surface area contributed by atoms with E-state index in [1.54, 1.807) is 0 Å². The first-order valence-electron chi connectivity index (χ1n) is 3.81. The molecular weight excluding hydrogens is 124 g/mol. The van der Waals surface area contributed by atoms with Gasteiger partial charge in [0.1, 0.15) is 0 Å². The zero-order valence-electron chi connectivity index (χ0n) is 5.96. The first kappa shape index (κ1) is 5.98. The van der Waals surface area contributed by atoms with Crippen LogP contribution in [0.1, 0.15) is 6.42 Å². The van der Waals surface area contributed by atoms with Gasteiger partial charge in [0.25, 0.3) is 0 Å². The first-order valence-corrected chi connectivity index (χ1v) is 3.81. The molecule has 0 bridgehead atoms. The van der Waals surface area contributed by atoms with Crippen molar-refractivity contribution in [2.24, 2.45) is 0 Å². The molecule has 0 amide bonds. The van der Waals surface area contributed by atoms with Gasteiger partial charge in [-0.1, -0.05) is 6.08 Å². The van der Waals surface area contributed by atoms with Crippen LogP contribution in [0.3, 0.4) is 0 Å². The summed E-state index contributed by atoms with van der Waals surface area (Å²) in [6, 6.07) is 0. The molecule has 2 nitrogen and oxygen atoms in total. The highest BCUT2D eigenvalue weighted by Crippen LogP contribution is 2.09. The summed E-state index contributed by atoms with van der Waals surface area (Å²) in [6.45, 7) is 2.35. The highest BCUT2D eigenvalue weighted by Gasteiger charge is 2.16. The summed E-state index contributed by atoms with van der Waals surface area (Å²) >= 11 is 0. The minimum Gasteiger partial charge on any atom is -0.359 e. The van der Waals surface area contributed by atoms with Gasteiger partial charge in [-0.2, -0.15) is 0 Å². The summed E-state index contributed by atoms with van der Waals surface area (Å²) in [5, 5.41) is 3.41. The molecule has 0 aromatic rings. The Morgan fingerprint density at radius 2 is 2.40 bits per heavy atom. The van der Waals surface area contributed by atoms with Crippen LogP contribution in [0.2, 0.25) is 0 Å². The lowest BCUT2D eigenvalue weighted by atomic mass is 10.2. The number of hydrogen-bond acceptors (Lipinski definition) is 2. The van der Waals surface area contributed by atoms with Crippen LogP contribution in [0.25, 0.3) is 0 Å². The van der Waals surface area contributed by atoms with E-state index >= 15 is 0 Å². The minimum atomic E-state index is 0.471. The highest BCUT2D eigenvalue weighted by molar-refractivity contribution is 5.13. The van der Waals surface area contributed by atoms with Crippen LogP contribution in [0, 0.1) is 0 Å². The fraction of sp³-hybridized carbons (Fsp3) is 0.500. The molecule has 2 heteroatoms. The number of rotatable bonds is 0. The Morgan fingerprint density at radius 1 is 1.40 bits per heavy atom. The lowest BCUT2D eigenvalue weighted by Crippen LogP contribution is -2.48. The van der Waals surface area contributed by atoms with Gasteiger partial charge in [-0.25, -0.2) is 0 Å². The zero-order valence-corrected chi connectivity index (χ0v) is 5.96. The fourth-order valence-corrected chi connectivity index (χ4v) is 1.44. The summed E-state index contributed by atoms with van der Waals surface area (Å²) in [7, 11) is 0. The summed E-state index contributed by atoms with van der Waals surface area (Å²) in [5.41, 5.74) is 0. The second-order valence-corrected chi connectivity index (χ2v) is 2.72. The number of nitrogens with one attached hydrogen (secondary N) is 1. The van der Waals surface area contributed by atoms with Gasteiger partial charge in [0.2, 0.25) is 0 Å². The Morgan fingerprint density at radius 3 is 3.30 bits per heavy atom. The maximum atomic E-state index is 3.41. The molecule has 1 fully saturated rings. The van der Waals surface area contributed by atoms with Crippen LogP contribution < -0.4 is 5.32 Å². The Labute approximate surface area is 61.2 Å². The molecule has 2 heterocycles. The smallest absolute Gasteiger partial charge is 0.0984 e. The molecule has 1 saturated heterocycles. The molecule has 1 unspecified atom stereocenters. The second-order valence-electron chi connectivity index (χ2n) is 2.72. The Bertz CT molecular complexity index is 152. The highest BCUT2D eigenvalue weighted by atomic mass is 15.3. The molecule has 0 aromatic heterocycles. The third kappa shape index (κ3) is 0.948. The second kappa shape index (κ2) is 2.46. The summed E-state index contributed by atoms with van der Waals surface area (Å²) in [6.07, 6.45) is 10.3. The molecule has 10 heavy (non-hydrogen) atoms. The van der Waals surface area contributed by atoms with Crippen LogP contribution >= 0.6 is 0 Å². The lowest BCUT2D eigenvalue weighted by molar-refractivity contribution is 0.229. The SMILES string of the molecule is C1=CC2NCCCN2C=C1. The van der Waals surface area contributed by atoms with Crippen molar-refractivity contribution in [3.63, 3.8) is 0 Å². The maximum Gasteiger partial charge on any atom is 0.0984 e. The minimum absolute atomic E-state index is 0.471. The fourth-order valence-electron chi connectivity index (χ4n) is 1.44. The van der Waals surface area contributed by atoms with Gasteiger partial charge in [0.15, 0.2) is 0 Å². The van der Waals surface area contributed by atoms with Crippen molar-refractivity contribution in [2.75, 3.05) is 13.1 Å². The molecule has 0 radical (unpaired) electrons. The Kier molecular flexibility index (Phi) is 1.47. The van der Waals surface area contributed by atoms with E-state index in [1.807, 2.05) is 0 Å². The standard InChI is InChI=1S/C8H12N2/c1-2-6-10-7-3-5-9-8(10)4-1/h1-2,4,6,8-9H,3,5,7H2. The quantitative estimate of drug-likeness (QED) is 0.527. The van der Waals surface area contributed by atoms with E-state index in [1.165, 1.54) is 13.0 Å². The van der Waals surface area contributed by atoms with E-state index in [4.69, 9.17) is 0 Å². The van der Waals surface area contributed by atoms with Gasteiger partial charge in [-0.05, 0) is 25.1 Å². The van der Waals surface area contributed by atoms with Crippen molar-refractivity contribution in [1.82, 2.24) is 10.2 Å². The summed E-state index contributed by atoms with van der Waals surface area (Å²) in [4.78, 5) is 2.32. The van der Waals surface area contributed by atoms with Crippen molar-refractivity contribution in [1.29, 1.82) is 0 Å². The molecule has 1 atom stereocenters. The number of hydrogen-bond donors (Lipinski definition) is 1. The molecular formula is C8H12N2. The molecule has 2 aliphatic rings. The number of nitrogens with zero attached hydrogens (tertiary/aromatic N) is 1. The maximum absolute atomic E-state index is 3.41. The van der Waals surface area contributed by atoms with Crippen LogP contribution in [0.4, 0.5) is 0 Å². The predicted octanol–water partition coefficient (Wildman–Crippen LogP) is 0.691. The molecule has 0 aliphatic carbocycles. The first-order chi connectivity index (χ1) is 4.97. The number of allylic oxidation sites excluding steroid dienone is 2. The van der Waals surface area contributed by atoms with E-state index in [9.17, 15) is 0 Å². The third-order valence-electron chi connectivity index (χ3n) is 1.99. The van der Waals surface area contributed by atoms with Gasteiger partial charge in [-0.15, -0.1) is 0 Å². The van der Waals surface area contributed by atoms with E-state index in [2.05, 4.69) is 34.6 Å². The topological polar surface area (TPSA) is 15.3 Å². The molecule has 54 valence electrons. The molecule has 0 aromatic carbocycles.